The zero-order valence-corrected chi connectivity index (χ0v) is 12.5. The first kappa shape index (κ1) is 16.2. The van der Waals surface area contributed by atoms with E-state index in [0.717, 1.165) is 6.07 Å². The predicted molar refractivity (Wildman–Crippen MR) is 79.1 cm³/mol. The van der Waals surface area contributed by atoms with Crippen molar-refractivity contribution in [1.82, 2.24) is 0 Å². The first-order chi connectivity index (χ1) is 11.5. The molecule has 1 atom stereocenters. The number of fused-ring (bicyclic) bond motifs is 1. The van der Waals surface area contributed by atoms with Gasteiger partial charge in [-0.25, -0.2) is 13.2 Å². The van der Waals surface area contributed by atoms with Gasteiger partial charge in [0.2, 0.25) is 0 Å². The van der Waals surface area contributed by atoms with Crippen LogP contribution in [0.25, 0.3) is 0 Å². The van der Waals surface area contributed by atoms with Gasteiger partial charge in [-0.1, -0.05) is 42.5 Å². The van der Waals surface area contributed by atoms with Gasteiger partial charge in [-0.2, -0.15) is 0 Å². The van der Waals surface area contributed by atoms with Crippen molar-refractivity contribution in [3.05, 3.63) is 71.0 Å². The van der Waals surface area contributed by atoms with Crippen molar-refractivity contribution in [3.63, 3.8) is 0 Å². The van der Waals surface area contributed by atoms with Gasteiger partial charge < -0.3 is 4.74 Å². The number of ether oxygens (including phenoxy) is 1. The molecule has 0 fully saturated rings. The molecule has 2 aromatic rings. The standard InChI is InChI=1S/C18H13F3O3/c19-13-8-4-7-12-9-18(16(20)21,15(22)14(12)13)17(23)24-10-11-5-2-1-3-6-11/h1-8,16H,9-10H2. The number of carbonyl (C=O) groups excluding carboxylic acids is 2. The van der Waals surface area contributed by atoms with Gasteiger partial charge in [0.1, 0.15) is 12.4 Å². The third kappa shape index (κ3) is 2.48. The third-order valence-electron chi connectivity index (χ3n) is 4.15. The predicted octanol–water partition coefficient (Wildman–Crippen LogP) is 3.56. The number of hydrogen-bond acceptors (Lipinski definition) is 3. The van der Waals surface area contributed by atoms with Crippen molar-refractivity contribution >= 4 is 11.8 Å². The van der Waals surface area contributed by atoms with Crippen LogP contribution in [0.15, 0.2) is 48.5 Å². The molecule has 0 radical (unpaired) electrons. The Balaban J connectivity index is 1.89. The lowest BCUT2D eigenvalue weighted by atomic mass is 9.84. The summed E-state index contributed by atoms with van der Waals surface area (Å²) in [6, 6.07) is 12.2. The second-order valence-corrected chi connectivity index (χ2v) is 5.61. The lowest BCUT2D eigenvalue weighted by molar-refractivity contribution is -0.161. The fraction of sp³-hybridized carbons (Fsp3) is 0.222. The molecule has 0 saturated carbocycles. The van der Waals surface area contributed by atoms with Gasteiger partial charge in [-0.15, -0.1) is 0 Å². The lowest BCUT2D eigenvalue weighted by Crippen LogP contribution is -2.45. The molecule has 1 aliphatic rings. The summed E-state index contributed by atoms with van der Waals surface area (Å²) in [5.41, 5.74) is -2.44. The smallest absolute Gasteiger partial charge is 0.326 e. The zero-order valence-electron chi connectivity index (χ0n) is 12.5. The number of halogens is 3. The quantitative estimate of drug-likeness (QED) is 0.634. The Hall–Kier alpha value is -2.63. The second kappa shape index (κ2) is 6.11. The van der Waals surface area contributed by atoms with Crippen LogP contribution < -0.4 is 0 Å². The lowest BCUT2D eigenvalue weighted by Gasteiger charge is -2.24. The number of benzene rings is 2. The fourth-order valence-corrected chi connectivity index (χ4v) is 2.86. The van der Waals surface area contributed by atoms with Crippen LogP contribution in [0.3, 0.4) is 0 Å². The van der Waals surface area contributed by atoms with Crippen molar-refractivity contribution < 1.29 is 27.5 Å². The van der Waals surface area contributed by atoms with Crippen molar-refractivity contribution in [3.8, 4) is 0 Å². The molecule has 1 unspecified atom stereocenters. The maximum absolute atomic E-state index is 13.8. The Morgan fingerprint density at radius 1 is 1.12 bits per heavy atom. The average Bonchev–Trinajstić information content (AvgIpc) is 2.89. The largest absolute Gasteiger partial charge is 0.460 e. The van der Waals surface area contributed by atoms with Crippen LogP contribution in [0, 0.1) is 11.2 Å². The average molecular weight is 334 g/mol. The molecule has 0 saturated heterocycles. The van der Waals surface area contributed by atoms with E-state index in [1.807, 2.05) is 0 Å². The highest BCUT2D eigenvalue weighted by atomic mass is 19.3. The summed E-state index contributed by atoms with van der Waals surface area (Å²) in [4.78, 5) is 24.7. The first-order valence-corrected chi connectivity index (χ1v) is 7.28. The maximum Gasteiger partial charge on any atom is 0.326 e. The van der Waals surface area contributed by atoms with Crippen molar-refractivity contribution in [2.24, 2.45) is 5.41 Å². The minimum absolute atomic E-state index is 0.0944. The highest BCUT2D eigenvalue weighted by Gasteiger charge is 2.60. The van der Waals surface area contributed by atoms with E-state index in [0.29, 0.717) is 5.56 Å². The van der Waals surface area contributed by atoms with E-state index in [-0.39, 0.29) is 12.2 Å². The number of alkyl halides is 2. The van der Waals surface area contributed by atoms with Crippen molar-refractivity contribution in [1.29, 1.82) is 0 Å². The molecule has 24 heavy (non-hydrogen) atoms. The maximum atomic E-state index is 13.8. The summed E-state index contributed by atoms with van der Waals surface area (Å²) in [5.74, 6) is -3.46. The van der Waals surface area contributed by atoms with Crippen LogP contribution in [0.1, 0.15) is 21.5 Å². The molecule has 0 heterocycles. The van der Waals surface area contributed by atoms with Gasteiger partial charge in [-0.05, 0) is 17.2 Å². The third-order valence-corrected chi connectivity index (χ3v) is 4.15. The normalized spacial score (nSPS) is 19.4. The summed E-state index contributed by atoms with van der Waals surface area (Å²) in [7, 11) is 0. The monoisotopic (exact) mass is 334 g/mol. The van der Waals surface area contributed by atoms with Crippen LogP contribution in [-0.4, -0.2) is 18.2 Å². The van der Waals surface area contributed by atoms with Crippen LogP contribution in [-0.2, 0) is 22.6 Å². The van der Waals surface area contributed by atoms with E-state index in [4.69, 9.17) is 4.74 Å². The van der Waals surface area contributed by atoms with Crippen LogP contribution in [0.2, 0.25) is 0 Å². The number of rotatable bonds is 4. The first-order valence-electron chi connectivity index (χ1n) is 7.28. The Bertz CT molecular complexity index is 789. The molecule has 0 amide bonds. The van der Waals surface area contributed by atoms with E-state index in [9.17, 15) is 22.8 Å². The zero-order chi connectivity index (χ0) is 17.3. The number of ketones is 1. The second-order valence-electron chi connectivity index (χ2n) is 5.61. The minimum Gasteiger partial charge on any atom is -0.460 e. The molecule has 0 aromatic heterocycles. The van der Waals surface area contributed by atoms with E-state index < -0.39 is 41.4 Å². The SMILES string of the molecule is O=C(OCc1ccccc1)C1(C(F)F)Cc2cccc(F)c2C1=O. The van der Waals surface area contributed by atoms with Crippen molar-refractivity contribution in [2.75, 3.05) is 0 Å². The van der Waals surface area contributed by atoms with Gasteiger partial charge in [0.25, 0.3) is 6.43 Å². The number of Topliss-reactive ketones (excluding diaryl/α,β-unsaturated/α-hetero) is 1. The highest BCUT2D eigenvalue weighted by Crippen LogP contribution is 2.43. The summed E-state index contributed by atoms with van der Waals surface area (Å²) >= 11 is 0. The molecule has 3 rings (SSSR count). The topological polar surface area (TPSA) is 43.4 Å². The Morgan fingerprint density at radius 3 is 2.46 bits per heavy atom. The molecule has 124 valence electrons. The van der Waals surface area contributed by atoms with E-state index in [1.165, 1.54) is 12.1 Å². The summed E-state index contributed by atoms with van der Waals surface area (Å²) < 4.78 is 46.1. The van der Waals surface area contributed by atoms with Gasteiger partial charge in [-0.3, -0.25) is 9.59 Å². The van der Waals surface area contributed by atoms with Crippen LogP contribution >= 0.6 is 0 Å². The van der Waals surface area contributed by atoms with Gasteiger partial charge in [0, 0.05) is 6.42 Å². The molecule has 0 spiro atoms. The van der Waals surface area contributed by atoms with Gasteiger partial charge in [0.15, 0.2) is 11.2 Å². The highest BCUT2D eigenvalue weighted by molar-refractivity contribution is 6.16. The molecular formula is C18H13F3O3. The Kier molecular flexibility index (Phi) is 4.13. The fourth-order valence-electron chi connectivity index (χ4n) is 2.86. The van der Waals surface area contributed by atoms with Gasteiger partial charge in [0.05, 0.1) is 5.56 Å². The molecule has 3 nitrogen and oxygen atoms in total. The van der Waals surface area contributed by atoms with E-state index in [1.54, 1.807) is 30.3 Å². The molecule has 0 N–H and O–H groups in total. The van der Waals surface area contributed by atoms with Crippen molar-refractivity contribution in [2.45, 2.75) is 19.5 Å². The number of hydrogen-bond donors (Lipinski definition) is 0. The number of esters is 1. The van der Waals surface area contributed by atoms with Crippen LogP contribution in [0.4, 0.5) is 13.2 Å². The molecule has 1 aliphatic carbocycles. The molecule has 6 heteroatoms. The van der Waals surface area contributed by atoms with E-state index >= 15 is 0 Å². The Labute approximate surface area is 136 Å². The Morgan fingerprint density at radius 2 is 1.83 bits per heavy atom. The number of carbonyl (C=O) groups is 2. The summed E-state index contributed by atoms with van der Waals surface area (Å²) in [6.07, 6.45) is -3.86. The molecular weight excluding hydrogens is 321 g/mol. The van der Waals surface area contributed by atoms with Crippen LogP contribution in [0.5, 0.6) is 0 Å². The molecule has 0 bridgehead atoms. The summed E-state index contributed by atoms with van der Waals surface area (Å²) in [6.45, 7) is -0.236. The molecule has 2 aromatic carbocycles. The van der Waals surface area contributed by atoms with E-state index in [2.05, 4.69) is 0 Å². The summed E-state index contributed by atoms with van der Waals surface area (Å²) in [5, 5.41) is 0. The minimum atomic E-state index is -3.29. The molecule has 0 aliphatic heterocycles. The van der Waals surface area contributed by atoms with Gasteiger partial charge >= 0.3 is 5.97 Å².